The number of hydroxylamine groups is 2. The monoisotopic (exact) mass is 347 g/mol. The molecule has 1 saturated heterocycles. The lowest BCUT2D eigenvalue weighted by molar-refractivity contribution is -0.266. The van der Waals surface area contributed by atoms with E-state index in [2.05, 4.69) is 47.7 Å². The van der Waals surface area contributed by atoms with E-state index in [1.807, 2.05) is 11.9 Å². The summed E-state index contributed by atoms with van der Waals surface area (Å²) in [5, 5.41) is 2.28. The van der Waals surface area contributed by atoms with Crippen LogP contribution in [0.1, 0.15) is 40.5 Å². The van der Waals surface area contributed by atoms with Crippen LogP contribution in [0.2, 0.25) is 10.6 Å². The number of aromatic nitrogens is 3. The fourth-order valence-electron chi connectivity index (χ4n) is 3.62. The molecule has 2 heterocycles. The van der Waals surface area contributed by atoms with Crippen molar-refractivity contribution in [3.63, 3.8) is 0 Å². The van der Waals surface area contributed by atoms with Gasteiger partial charge in [-0.05, 0) is 63.7 Å². The Morgan fingerprint density at radius 1 is 1.05 bits per heavy atom. The molecule has 0 spiro atoms. The minimum Gasteiger partial charge on any atom is -0.341 e. The van der Waals surface area contributed by atoms with E-state index in [0.29, 0.717) is 5.95 Å². The Labute approximate surface area is 141 Å². The average molecular weight is 348 g/mol. The zero-order valence-corrected chi connectivity index (χ0v) is 15.4. The molecule has 124 valence electrons. The number of hydrogen-bond acceptors (Lipinski definition) is 6. The summed E-state index contributed by atoms with van der Waals surface area (Å²) < 4.78 is 0. The summed E-state index contributed by atoms with van der Waals surface area (Å²) in [5.41, 5.74) is -0.230. The highest BCUT2D eigenvalue weighted by Gasteiger charge is 2.47. The number of hydrogen-bond donors (Lipinski definition) is 0. The first-order chi connectivity index (χ1) is 10.1. The molecule has 0 radical (unpaired) electrons. The second-order valence-electron chi connectivity index (χ2n) is 6.95. The van der Waals surface area contributed by atoms with Crippen molar-refractivity contribution in [3.8, 4) is 0 Å². The Bertz CT molecular complexity index is 514. The van der Waals surface area contributed by atoms with Crippen LogP contribution in [0.15, 0.2) is 0 Å². The van der Waals surface area contributed by atoms with Crippen molar-refractivity contribution in [1.29, 1.82) is 0 Å². The maximum Gasteiger partial charge on any atom is 0.230 e. The highest BCUT2D eigenvalue weighted by Crippen LogP contribution is 2.40. The minimum atomic E-state index is -0.115. The molecule has 0 aliphatic carbocycles. The molecule has 0 amide bonds. The summed E-state index contributed by atoms with van der Waals surface area (Å²) in [4.78, 5) is 19.8. The lowest BCUT2D eigenvalue weighted by Crippen LogP contribution is -2.63. The fourth-order valence-corrected chi connectivity index (χ4v) is 3.97. The van der Waals surface area contributed by atoms with E-state index in [1.54, 1.807) is 7.11 Å². The van der Waals surface area contributed by atoms with Gasteiger partial charge < -0.3 is 9.74 Å². The third kappa shape index (κ3) is 3.45. The molecule has 1 aliphatic rings. The maximum absolute atomic E-state index is 5.89. The van der Waals surface area contributed by atoms with E-state index in [4.69, 9.17) is 28.0 Å². The largest absolute Gasteiger partial charge is 0.341 e. The van der Waals surface area contributed by atoms with Crippen molar-refractivity contribution in [2.45, 2.75) is 57.7 Å². The molecule has 0 bridgehead atoms. The number of nitrogens with zero attached hydrogens (tertiary/aromatic N) is 5. The zero-order chi connectivity index (χ0) is 16.7. The molecule has 0 atom stereocenters. The van der Waals surface area contributed by atoms with Gasteiger partial charge in [0.05, 0.1) is 7.11 Å². The van der Waals surface area contributed by atoms with Crippen LogP contribution in [0.4, 0.5) is 5.95 Å². The predicted octanol–water partition coefficient (Wildman–Crippen LogP) is 3.20. The molecule has 1 aromatic rings. The van der Waals surface area contributed by atoms with Crippen LogP contribution < -0.4 is 4.90 Å². The normalized spacial score (nSPS) is 21.8. The zero-order valence-electron chi connectivity index (χ0n) is 13.9. The molecular weight excluding hydrogens is 325 g/mol. The first-order valence-corrected chi connectivity index (χ1v) is 7.97. The van der Waals surface area contributed by atoms with Crippen LogP contribution >= 0.6 is 23.2 Å². The Morgan fingerprint density at radius 3 is 1.91 bits per heavy atom. The van der Waals surface area contributed by atoms with Crippen molar-refractivity contribution in [2.24, 2.45) is 0 Å². The highest BCUT2D eigenvalue weighted by atomic mass is 35.5. The molecule has 1 aliphatic heterocycles. The van der Waals surface area contributed by atoms with Crippen molar-refractivity contribution >= 4 is 29.2 Å². The van der Waals surface area contributed by atoms with Gasteiger partial charge in [0.25, 0.3) is 0 Å². The SMILES string of the molecule is CON1C(C)(C)CC(N(C)c2nc(Cl)nc(Cl)n2)CC1(C)C. The molecular formula is C14H23Cl2N5O. The van der Waals surface area contributed by atoms with Crippen molar-refractivity contribution in [3.05, 3.63) is 10.6 Å². The number of piperidine rings is 1. The molecule has 0 aromatic carbocycles. The van der Waals surface area contributed by atoms with E-state index in [1.165, 1.54) is 0 Å². The molecule has 0 saturated carbocycles. The minimum absolute atomic E-state index is 0.106. The van der Waals surface area contributed by atoms with Gasteiger partial charge in [0.15, 0.2) is 0 Å². The molecule has 8 heteroatoms. The van der Waals surface area contributed by atoms with E-state index >= 15 is 0 Å². The predicted molar refractivity (Wildman–Crippen MR) is 88.3 cm³/mol. The van der Waals surface area contributed by atoms with Crippen LogP contribution in [-0.2, 0) is 4.84 Å². The van der Waals surface area contributed by atoms with Crippen molar-refractivity contribution < 1.29 is 4.84 Å². The summed E-state index contributed by atoms with van der Waals surface area (Å²) in [5.74, 6) is 0.493. The van der Waals surface area contributed by atoms with Crippen LogP contribution in [0.3, 0.4) is 0 Å². The maximum atomic E-state index is 5.89. The molecule has 0 N–H and O–H groups in total. The van der Waals surface area contributed by atoms with Crippen molar-refractivity contribution in [2.75, 3.05) is 19.1 Å². The number of rotatable bonds is 3. The smallest absolute Gasteiger partial charge is 0.230 e. The number of anilines is 1. The highest BCUT2D eigenvalue weighted by molar-refractivity contribution is 6.31. The van der Waals surface area contributed by atoms with Gasteiger partial charge in [0.1, 0.15) is 0 Å². The molecule has 0 unspecified atom stereocenters. The Hall–Kier alpha value is -0.690. The topological polar surface area (TPSA) is 54.4 Å². The van der Waals surface area contributed by atoms with E-state index in [9.17, 15) is 0 Å². The first kappa shape index (κ1) is 17.7. The second kappa shape index (κ2) is 6.07. The van der Waals surface area contributed by atoms with Gasteiger partial charge in [0.2, 0.25) is 16.5 Å². The Morgan fingerprint density at radius 2 is 1.50 bits per heavy atom. The molecule has 6 nitrogen and oxygen atoms in total. The lowest BCUT2D eigenvalue weighted by Gasteiger charge is -2.54. The van der Waals surface area contributed by atoms with E-state index in [0.717, 1.165) is 12.8 Å². The molecule has 22 heavy (non-hydrogen) atoms. The molecule has 1 aromatic heterocycles. The second-order valence-corrected chi connectivity index (χ2v) is 7.62. The lowest BCUT2D eigenvalue weighted by atomic mass is 9.78. The van der Waals surface area contributed by atoms with Crippen LogP contribution in [-0.4, -0.2) is 51.3 Å². The van der Waals surface area contributed by atoms with Gasteiger partial charge in [-0.25, -0.2) is 0 Å². The summed E-state index contributed by atoms with van der Waals surface area (Å²) >= 11 is 11.8. The van der Waals surface area contributed by atoms with E-state index in [-0.39, 0.29) is 27.7 Å². The third-order valence-electron chi connectivity index (χ3n) is 4.18. The fraction of sp³-hybridized carbons (Fsp3) is 0.786. The van der Waals surface area contributed by atoms with Gasteiger partial charge in [-0.2, -0.15) is 20.0 Å². The van der Waals surface area contributed by atoms with Gasteiger partial charge in [-0.3, -0.25) is 0 Å². The van der Waals surface area contributed by atoms with Crippen LogP contribution in [0, 0.1) is 0 Å². The standard InChI is InChI=1S/C14H23Cl2N5O/c1-13(2)7-9(8-14(3,4)21(13)22-6)20(5)12-18-10(15)17-11(16)19-12/h9H,7-8H2,1-6H3. The first-order valence-electron chi connectivity index (χ1n) is 7.21. The van der Waals surface area contributed by atoms with E-state index < -0.39 is 0 Å². The summed E-state index contributed by atoms with van der Waals surface area (Å²) in [6.45, 7) is 8.69. The van der Waals surface area contributed by atoms with Crippen LogP contribution in [0.25, 0.3) is 0 Å². The van der Waals surface area contributed by atoms with Crippen molar-refractivity contribution in [1.82, 2.24) is 20.0 Å². The Balaban J connectivity index is 2.29. The Kier molecular flexibility index (Phi) is 4.88. The third-order valence-corrected chi connectivity index (χ3v) is 4.52. The summed E-state index contributed by atoms with van der Waals surface area (Å²) in [7, 11) is 3.68. The summed E-state index contributed by atoms with van der Waals surface area (Å²) in [6.07, 6.45) is 1.81. The van der Waals surface area contributed by atoms with Crippen LogP contribution in [0.5, 0.6) is 0 Å². The van der Waals surface area contributed by atoms with Gasteiger partial charge in [-0.1, -0.05) is 0 Å². The van der Waals surface area contributed by atoms with Gasteiger partial charge in [0, 0.05) is 24.2 Å². The quantitative estimate of drug-likeness (QED) is 0.836. The summed E-state index contributed by atoms with van der Waals surface area (Å²) in [6, 6.07) is 0.242. The molecule has 2 rings (SSSR count). The molecule has 1 fully saturated rings. The van der Waals surface area contributed by atoms with Gasteiger partial charge in [-0.15, -0.1) is 0 Å². The van der Waals surface area contributed by atoms with Gasteiger partial charge >= 0.3 is 0 Å². The number of halogens is 2. The average Bonchev–Trinajstić information content (AvgIpc) is 2.34.